The summed E-state index contributed by atoms with van der Waals surface area (Å²) in [5.41, 5.74) is 0.953. The van der Waals surface area contributed by atoms with E-state index in [4.69, 9.17) is 4.42 Å². The number of para-hydroxylation sites is 1. The van der Waals surface area contributed by atoms with E-state index in [9.17, 15) is 4.79 Å². The van der Waals surface area contributed by atoms with Crippen molar-refractivity contribution in [2.75, 3.05) is 0 Å². The van der Waals surface area contributed by atoms with Gasteiger partial charge in [-0.3, -0.25) is 0 Å². The average Bonchev–Trinajstić information content (AvgIpc) is 2.36. The van der Waals surface area contributed by atoms with Gasteiger partial charge in [0.25, 0.3) is 0 Å². The van der Waals surface area contributed by atoms with E-state index >= 15 is 0 Å². The number of hydrogen-bond donors (Lipinski definition) is 0. The Morgan fingerprint density at radius 2 is 2.12 bits per heavy atom. The maximum absolute atomic E-state index is 11.6. The zero-order valence-corrected chi connectivity index (χ0v) is 9.22. The van der Waals surface area contributed by atoms with Gasteiger partial charge in [0.15, 0.2) is 0 Å². The Morgan fingerprint density at radius 3 is 2.88 bits per heavy atom. The first-order valence-corrected chi connectivity index (χ1v) is 5.10. The first kappa shape index (κ1) is 11.1. The molecule has 0 saturated heterocycles. The lowest BCUT2D eigenvalue weighted by Gasteiger charge is -1.96. The molecular weight excluding hydrogens is 214 g/mol. The van der Waals surface area contributed by atoms with Gasteiger partial charge in [-0.1, -0.05) is 37.4 Å². The molecule has 0 bridgehead atoms. The number of allylic oxidation sites excluding steroid dienone is 3. The molecule has 0 aliphatic rings. The Morgan fingerprint density at radius 1 is 1.35 bits per heavy atom. The quantitative estimate of drug-likeness (QED) is 0.754. The Hall–Kier alpha value is -2.42. The van der Waals surface area contributed by atoms with E-state index in [1.54, 1.807) is 36.4 Å². The van der Waals surface area contributed by atoms with E-state index in [1.807, 2.05) is 6.07 Å². The zero-order valence-electron chi connectivity index (χ0n) is 9.22. The predicted octanol–water partition coefficient (Wildman–Crippen LogP) is 2.94. The Labute approximate surface area is 98.4 Å². The molecule has 0 fully saturated rings. The summed E-state index contributed by atoms with van der Waals surface area (Å²) < 4.78 is 5.06. The van der Waals surface area contributed by atoms with Gasteiger partial charge in [0.2, 0.25) is 5.89 Å². The monoisotopic (exact) mass is 225 g/mol. The van der Waals surface area contributed by atoms with Gasteiger partial charge < -0.3 is 4.42 Å². The second-order valence-electron chi connectivity index (χ2n) is 3.47. The minimum absolute atomic E-state index is 0.261. The van der Waals surface area contributed by atoms with E-state index in [2.05, 4.69) is 18.1 Å². The zero-order chi connectivity index (χ0) is 12.3. The normalized spacial score (nSPS) is 10.8. The number of benzene rings is 1. The maximum Gasteiger partial charge on any atom is 0.347 e. The van der Waals surface area contributed by atoms with Crippen molar-refractivity contribution in [1.29, 1.82) is 0 Å². The van der Waals surface area contributed by atoms with E-state index in [-0.39, 0.29) is 11.5 Å². The van der Waals surface area contributed by atoms with Crippen molar-refractivity contribution in [3.05, 3.63) is 71.5 Å². The summed E-state index contributed by atoms with van der Waals surface area (Å²) in [6, 6.07) is 7.05. The van der Waals surface area contributed by atoms with Crippen LogP contribution in [0.1, 0.15) is 5.89 Å². The maximum atomic E-state index is 11.6. The van der Waals surface area contributed by atoms with Crippen LogP contribution in [-0.4, -0.2) is 4.98 Å². The molecule has 0 aliphatic heterocycles. The highest BCUT2D eigenvalue weighted by Gasteiger charge is 2.02. The highest BCUT2D eigenvalue weighted by molar-refractivity contribution is 5.77. The summed E-state index contributed by atoms with van der Waals surface area (Å²) in [6.07, 6.45) is 4.89. The van der Waals surface area contributed by atoms with Crippen molar-refractivity contribution in [3.63, 3.8) is 0 Å². The molecule has 0 N–H and O–H groups in total. The molecule has 0 atom stereocenters. The van der Waals surface area contributed by atoms with Gasteiger partial charge in [0.05, 0.1) is 10.9 Å². The van der Waals surface area contributed by atoms with Crippen LogP contribution in [0.2, 0.25) is 0 Å². The fourth-order valence-electron chi connectivity index (χ4n) is 1.35. The van der Waals surface area contributed by atoms with Crippen molar-refractivity contribution in [1.82, 2.24) is 4.98 Å². The molecule has 3 nitrogen and oxygen atoms in total. The van der Waals surface area contributed by atoms with Crippen LogP contribution >= 0.6 is 0 Å². The molecule has 0 aliphatic carbocycles. The summed E-state index contributed by atoms with van der Waals surface area (Å²) in [7, 11) is 0. The van der Waals surface area contributed by atoms with E-state index in [0.717, 1.165) is 5.57 Å². The van der Waals surface area contributed by atoms with Gasteiger partial charge in [-0.25, -0.2) is 9.78 Å². The molecule has 0 amide bonds. The third-order valence-corrected chi connectivity index (χ3v) is 2.25. The lowest BCUT2D eigenvalue weighted by atomic mass is 10.2. The van der Waals surface area contributed by atoms with Crippen LogP contribution in [0.25, 0.3) is 17.0 Å². The second kappa shape index (κ2) is 4.61. The summed E-state index contributed by atoms with van der Waals surface area (Å²) in [5.74, 6) is 0.261. The topological polar surface area (TPSA) is 43.1 Å². The van der Waals surface area contributed by atoms with E-state index < -0.39 is 0 Å². The third-order valence-electron chi connectivity index (χ3n) is 2.25. The number of hydrogen-bond acceptors (Lipinski definition) is 3. The van der Waals surface area contributed by atoms with Gasteiger partial charge in [0, 0.05) is 6.08 Å². The molecule has 0 radical (unpaired) electrons. The molecule has 0 unspecified atom stereocenters. The lowest BCUT2D eigenvalue weighted by molar-refractivity contribution is 0.490. The smallest absolute Gasteiger partial charge is 0.347 e. The Balaban J connectivity index is 2.51. The summed E-state index contributed by atoms with van der Waals surface area (Å²) >= 11 is 0. The molecule has 17 heavy (non-hydrogen) atoms. The molecular formula is C14H11NO2. The Kier molecular flexibility index (Phi) is 3.01. The van der Waals surface area contributed by atoms with Crippen LogP contribution in [0.15, 0.2) is 64.4 Å². The van der Waals surface area contributed by atoms with Gasteiger partial charge in [-0.05, 0) is 17.7 Å². The van der Waals surface area contributed by atoms with Crippen molar-refractivity contribution in [3.8, 4) is 0 Å². The summed E-state index contributed by atoms with van der Waals surface area (Å²) in [4.78, 5) is 15.8. The predicted molar refractivity (Wildman–Crippen MR) is 68.7 cm³/mol. The number of rotatable bonds is 3. The molecule has 1 aromatic carbocycles. The van der Waals surface area contributed by atoms with Gasteiger partial charge in [-0.2, -0.15) is 0 Å². The molecule has 0 spiro atoms. The largest absolute Gasteiger partial charge is 0.404 e. The van der Waals surface area contributed by atoms with Crippen LogP contribution in [0.4, 0.5) is 0 Å². The number of aromatic nitrogens is 1. The molecule has 2 aromatic rings. The summed E-state index contributed by atoms with van der Waals surface area (Å²) in [5, 5.41) is 0.479. The minimum Gasteiger partial charge on any atom is -0.404 e. The highest BCUT2D eigenvalue weighted by atomic mass is 16.4. The second-order valence-corrected chi connectivity index (χ2v) is 3.47. The SMILES string of the molecule is C=CC(=C)C=Cc1nc2ccccc2c(=O)o1. The van der Waals surface area contributed by atoms with Crippen molar-refractivity contribution < 1.29 is 4.42 Å². The average molecular weight is 225 g/mol. The van der Waals surface area contributed by atoms with Crippen molar-refractivity contribution in [2.24, 2.45) is 0 Å². The van der Waals surface area contributed by atoms with Crippen LogP contribution in [0, 0.1) is 0 Å². The molecule has 84 valence electrons. The van der Waals surface area contributed by atoms with Crippen molar-refractivity contribution >= 4 is 17.0 Å². The molecule has 3 heteroatoms. The van der Waals surface area contributed by atoms with Gasteiger partial charge in [-0.15, -0.1) is 0 Å². The fourth-order valence-corrected chi connectivity index (χ4v) is 1.35. The first-order chi connectivity index (χ1) is 8.20. The van der Waals surface area contributed by atoms with Crippen molar-refractivity contribution in [2.45, 2.75) is 0 Å². The number of nitrogens with zero attached hydrogens (tertiary/aromatic N) is 1. The van der Waals surface area contributed by atoms with Crippen LogP contribution in [0.5, 0.6) is 0 Å². The van der Waals surface area contributed by atoms with Crippen LogP contribution in [0.3, 0.4) is 0 Å². The van der Waals surface area contributed by atoms with Gasteiger partial charge >= 0.3 is 5.63 Å². The molecule has 0 saturated carbocycles. The lowest BCUT2D eigenvalue weighted by Crippen LogP contribution is -2.02. The molecule has 2 rings (SSSR count). The van der Waals surface area contributed by atoms with Crippen LogP contribution in [-0.2, 0) is 0 Å². The first-order valence-electron chi connectivity index (χ1n) is 5.10. The fraction of sp³-hybridized carbons (Fsp3) is 0. The minimum atomic E-state index is -0.389. The van der Waals surface area contributed by atoms with Gasteiger partial charge in [0.1, 0.15) is 0 Å². The third kappa shape index (κ3) is 2.39. The van der Waals surface area contributed by atoms with E-state index in [1.165, 1.54) is 0 Å². The van der Waals surface area contributed by atoms with E-state index in [0.29, 0.717) is 10.9 Å². The summed E-state index contributed by atoms with van der Waals surface area (Å²) in [6.45, 7) is 7.30. The van der Waals surface area contributed by atoms with Crippen LogP contribution < -0.4 is 5.63 Å². The highest BCUT2D eigenvalue weighted by Crippen LogP contribution is 2.08. The molecule has 1 heterocycles. The Bertz CT molecular complexity index is 665. The molecule has 1 aromatic heterocycles. The standard InChI is InChI=1S/C14H11NO2/c1-3-10(2)8-9-13-15-12-7-5-4-6-11(12)14(16)17-13/h3-9H,1-2H2. The number of fused-ring (bicyclic) bond motifs is 1.